The van der Waals surface area contributed by atoms with Crippen LogP contribution < -0.4 is 11.1 Å². The van der Waals surface area contributed by atoms with Gasteiger partial charge in [-0.3, -0.25) is 4.79 Å². The van der Waals surface area contributed by atoms with E-state index in [9.17, 15) is 9.18 Å². The van der Waals surface area contributed by atoms with Crippen LogP contribution in [0.2, 0.25) is 5.02 Å². The van der Waals surface area contributed by atoms with Crippen molar-refractivity contribution in [2.75, 3.05) is 5.32 Å². The van der Waals surface area contributed by atoms with Crippen molar-refractivity contribution in [3.05, 3.63) is 29.0 Å². The highest BCUT2D eigenvalue weighted by atomic mass is 35.5. The average Bonchev–Trinajstić information content (AvgIpc) is 2.22. The van der Waals surface area contributed by atoms with E-state index in [0.717, 1.165) is 6.07 Å². The Kier molecular flexibility index (Phi) is 4.05. The normalized spacial score (nSPS) is 12.3. The molecule has 0 aromatic heterocycles. The Morgan fingerprint density at radius 2 is 2.33 bits per heavy atom. The zero-order chi connectivity index (χ0) is 11.4. The van der Waals surface area contributed by atoms with E-state index in [1.165, 1.54) is 12.1 Å². The minimum atomic E-state index is -0.607. The van der Waals surface area contributed by atoms with E-state index in [0.29, 0.717) is 6.42 Å². The number of amides is 1. The molecule has 1 aromatic rings. The predicted molar refractivity (Wildman–Crippen MR) is 58.3 cm³/mol. The molecule has 1 rings (SSSR count). The predicted octanol–water partition coefficient (Wildman–Crippen LogP) is 2.15. The second-order valence-electron chi connectivity index (χ2n) is 3.13. The summed E-state index contributed by atoms with van der Waals surface area (Å²) < 4.78 is 12.8. The summed E-state index contributed by atoms with van der Waals surface area (Å²) in [5.74, 6) is -0.829. The maximum atomic E-state index is 12.8. The Morgan fingerprint density at radius 3 is 2.93 bits per heavy atom. The zero-order valence-corrected chi connectivity index (χ0v) is 9.01. The molecule has 0 aliphatic rings. The van der Waals surface area contributed by atoms with Crippen molar-refractivity contribution in [3.8, 4) is 0 Å². The summed E-state index contributed by atoms with van der Waals surface area (Å²) in [6.45, 7) is 1.79. The number of hydrogen-bond acceptors (Lipinski definition) is 2. The minimum absolute atomic E-state index is 0.241. The summed E-state index contributed by atoms with van der Waals surface area (Å²) in [6, 6.07) is 3.15. The van der Waals surface area contributed by atoms with Crippen molar-refractivity contribution in [1.82, 2.24) is 0 Å². The summed E-state index contributed by atoms with van der Waals surface area (Å²) in [5, 5.41) is 2.75. The molecule has 15 heavy (non-hydrogen) atoms. The first kappa shape index (κ1) is 11.9. The zero-order valence-electron chi connectivity index (χ0n) is 8.26. The second-order valence-corrected chi connectivity index (χ2v) is 3.54. The number of nitrogens with two attached hydrogens (primary N) is 1. The number of carbonyl (C=O) groups is 1. The summed E-state index contributed by atoms with van der Waals surface area (Å²) >= 11 is 5.77. The van der Waals surface area contributed by atoms with Crippen LogP contribution in [0.5, 0.6) is 0 Å². The average molecular weight is 231 g/mol. The van der Waals surface area contributed by atoms with Gasteiger partial charge in [-0.05, 0) is 24.6 Å². The van der Waals surface area contributed by atoms with Crippen LogP contribution in [0.25, 0.3) is 0 Å². The fourth-order valence-corrected chi connectivity index (χ4v) is 1.17. The molecule has 3 N–H and O–H groups in total. The van der Waals surface area contributed by atoms with Crippen LogP contribution in [0.3, 0.4) is 0 Å². The Balaban J connectivity index is 2.80. The summed E-state index contributed by atoms with van der Waals surface area (Å²) in [5.41, 5.74) is 5.74. The lowest BCUT2D eigenvalue weighted by molar-refractivity contribution is -0.117. The van der Waals surface area contributed by atoms with Crippen LogP contribution in [-0.4, -0.2) is 11.9 Å². The molecule has 3 nitrogen and oxygen atoms in total. The molecule has 0 radical (unpaired) electrons. The third-order valence-corrected chi connectivity index (χ3v) is 2.29. The Hall–Kier alpha value is -1.13. The summed E-state index contributed by atoms with van der Waals surface area (Å²) in [6.07, 6.45) is 0.513. The van der Waals surface area contributed by atoms with E-state index in [-0.39, 0.29) is 16.6 Å². The molecule has 0 spiro atoms. The number of nitrogens with one attached hydrogen (secondary N) is 1. The van der Waals surface area contributed by atoms with Crippen LogP contribution in [0.1, 0.15) is 13.3 Å². The molecular weight excluding hydrogens is 219 g/mol. The van der Waals surface area contributed by atoms with E-state index in [4.69, 9.17) is 17.3 Å². The van der Waals surface area contributed by atoms with Gasteiger partial charge in [-0.25, -0.2) is 4.39 Å². The largest absolute Gasteiger partial charge is 0.323 e. The highest BCUT2D eigenvalue weighted by Gasteiger charge is 2.12. The number of rotatable bonds is 3. The first-order valence-electron chi connectivity index (χ1n) is 4.56. The second kappa shape index (κ2) is 5.09. The first-order chi connectivity index (χ1) is 7.04. The number of halogens is 2. The van der Waals surface area contributed by atoms with Crippen molar-refractivity contribution in [2.45, 2.75) is 19.4 Å². The van der Waals surface area contributed by atoms with Crippen LogP contribution in [0, 0.1) is 5.82 Å². The van der Waals surface area contributed by atoms with Gasteiger partial charge in [0.25, 0.3) is 0 Å². The fourth-order valence-electron chi connectivity index (χ4n) is 1.00. The molecule has 0 saturated heterocycles. The fraction of sp³-hybridized carbons (Fsp3) is 0.300. The maximum Gasteiger partial charge on any atom is 0.241 e. The maximum absolute atomic E-state index is 12.8. The van der Waals surface area contributed by atoms with Gasteiger partial charge in [0.1, 0.15) is 5.82 Å². The van der Waals surface area contributed by atoms with Crippen LogP contribution in [0.4, 0.5) is 10.1 Å². The molecule has 5 heteroatoms. The molecule has 0 heterocycles. The van der Waals surface area contributed by atoms with Crippen LogP contribution in [-0.2, 0) is 4.79 Å². The van der Waals surface area contributed by atoms with Crippen LogP contribution >= 0.6 is 11.6 Å². The highest BCUT2D eigenvalue weighted by Crippen LogP contribution is 2.22. The lowest BCUT2D eigenvalue weighted by Crippen LogP contribution is -2.34. The molecule has 0 unspecified atom stereocenters. The molecule has 1 aromatic carbocycles. The summed E-state index contributed by atoms with van der Waals surface area (Å²) in [7, 11) is 0. The molecule has 0 bridgehead atoms. The van der Waals surface area contributed by atoms with Crippen molar-refractivity contribution in [1.29, 1.82) is 0 Å². The third-order valence-electron chi connectivity index (χ3n) is 1.96. The highest BCUT2D eigenvalue weighted by molar-refractivity contribution is 6.33. The topological polar surface area (TPSA) is 55.1 Å². The quantitative estimate of drug-likeness (QED) is 0.836. The van der Waals surface area contributed by atoms with Gasteiger partial charge in [0, 0.05) is 0 Å². The number of hydrogen-bond donors (Lipinski definition) is 2. The van der Waals surface area contributed by atoms with E-state index in [1.54, 1.807) is 6.92 Å². The van der Waals surface area contributed by atoms with Gasteiger partial charge in [0.05, 0.1) is 16.8 Å². The summed E-state index contributed by atoms with van der Waals surface area (Å²) in [4.78, 5) is 11.4. The van der Waals surface area contributed by atoms with Gasteiger partial charge in [0.2, 0.25) is 5.91 Å². The standard InChI is InChI=1S/C10H12ClFN2O/c1-2-8(13)10(15)14-9-5-6(12)3-4-7(9)11/h3-5,8H,2,13H2,1H3,(H,14,15)/t8-/m1/s1. The number of anilines is 1. The van der Waals surface area contributed by atoms with Gasteiger partial charge < -0.3 is 11.1 Å². The molecule has 1 atom stereocenters. The van der Waals surface area contributed by atoms with Crippen molar-refractivity contribution in [2.24, 2.45) is 5.73 Å². The molecule has 0 aliphatic heterocycles. The monoisotopic (exact) mass is 230 g/mol. The third kappa shape index (κ3) is 3.18. The van der Waals surface area contributed by atoms with Crippen molar-refractivity contribution in [3.63, 3.8) is 0 Å². The lowest BCUT2D eigenvalue weighted by Gasteiger charge is -2.11. The molecular formula is C10H12ClFN2O. The Labute approximate surface area is 92.4 Å². The SMILES string of the molecule is CC[C@@H](N)C(=O)Nc1cc(F)ccc1Cl. The van der Waals surface area contributed by atoms with Crippen molar-refractivity contribution >= 4 is 23.2 Å². The molecule has 0 fully saturated rings. The van der Waals surface area contributed by atoms with E-state index >= 15 is 0 Å². The lowest BCUT2D eigenvalue weighted by atomic mass is 10.2. The first-order valence-corrected chi connectivity index (χ1v) is 4.94. The van der Waals surface area contributed by atoms with E-state index in [2.05, 4.69) is 5.32 Å². The van der Waals surface area contributed by atoms with E-state index in [1.807, 2.05) is 0 Å². The van der Waals surface area contributed by atoms with Gasteiger partial charge >= 0.3 is 0 Å². The Morgan fingerprint density at radius 1 is 1.67 bits per heavy atom. The molecule has 0 saturated carbocycles. The van der Waals surface area contributed by atoms with Crippen molar-refractivity contribution < 1.29 is 9.18 Å². The number of carbonyl (C=O) groups excluding carboxylic acids is 1. The van der Waals surface area contributed by atoms with Crippen LogP contribution in [0.15, 0.2) is 18.2 Å². The Bertz CT molecular complexity index is 370. The van der Waals surface area contributed by atoms with Gasteiger partial charge in [0.15, 0.2) is 0 Å². The molecule has 1 amide bonds. The van der Waals surface area contributed by atoms with Gasteiger partial charge in [-0.1, -0.05) is 18.5 Å². The number of benzene rings is 1. The smallest absolute Gasteiger partial charge is 0.241 e. The molecule has 0 aliphatic carbocycles. The van der Waals surface area contributed by atoms with E-state index < -0.39 is 11.9 Å². The van der Waals surface area contributed by atoms with Gasteiger partial charge in [-0.2, -0.15) is 0 Å². The van der Waals surface area contributed by atoms with Gasteiger partial charge in [-0.15, -0.1) is 0 Å². The minimum Gasteiger partial charge on any atom is -0.323 e. The molecule has 82 valence electrons.